The molecule has 128 valence electrons. The molecule has 0 aliphatic carbocycles. The van der Waals surface area contributed by atoms with Crippen LogP contribution in [0.2, 0.25) is 0 Å². The van der Waals surface area contributed by atoms with E-state index in [4.69, 9.17) is 14.2 Å². The van der Waals surface area contributed by atoms with Gasteiger partial charge in [-0.15, -0.1) is 0 Å². The lowest BCUT2D eigenvalue weighted by Crippen LogP contribution is -2.12. The second-order valence-corrected chi connectivity index (χ2v) is 5.68. The molecule has 4 heteroatoms. The monoisotopic (exact) mass is 327 g/mol. The van der Waals surface area contributed by atoms with Crippen molar-refractivity contribution in [2.24, 2.45) is 0 Å². The van der Waals surface area contributed by atoms with Gasteiger partial charge in [0.05, 0.1) is 14.2 Å². The summed E-state index contributed by atoms with van der Waals surface area (Å²) in [6.45, 7) is 7.81. The van der Waals surface area contributed by atoms with Crippen molar-refractivity contribution in [3.63, 3.8) is 0 Å². The first-order valence-corrected chi connectivity index (χ1v) is 7.90. The minimum absolute atomic E-state index is 0.491. The minimum Gasteiger partial charge on any atom is -0.497 e. The predicted octanol–water partition coefficient (Wildman–Crippen LogP) is 3.95. The third-order valence-electron chi connectivity index (χ3n) is 3.52. The van der Waals surface area contributed by atoms with Crippen molar-refractivity contribution >= 4 is 0 Å². The first-order valence-electron chi connectivity index (χ1n) is 7.90. The molecular weight excluding hydrogens is 302 g/mol. The number of benzene rings is 2. The second-order valence-electron chi connectivity index (χ2n) is 5.68. The van der Waals surface area contributed by atoms with Crippen molar-refractivity contribution in [3.8, 4) is 17.2 Å². The molecule has 0 unspecified atom stereocenters. The molecule has 0 spiro atoms. The molecule has 2 aromatic rings. The summed E-state index contributed by atoms with van der Waals surface area (Å²) in [5.74, 6) is 2.34. The van der Waals surface area contributed by atoms with Gasteiger partial charge >= 0.3 is 0 Å². The van der Waals surface area contributed by atoms with E-state index in [9.17, 15) is 0 Å². The largest absolute Gasteiger partial charge is 0.497 e. The van der Waals surface area contributed by atoms with Crippen LogP contribution < -0.4 is 19.5 Å². The molecule has 0 aliphatic rings. The van der Waals surface area contributed by atoms with Gasteiger partial charge in [-0.3, -0.25) is 0 Å². The summed E-state index contributed by atoms with van der Waals surface area (Å²) >= 11 is 0. The van der Waals surface area contributed by atoms with Crippen molar-refractivity contribution in [1.82, 2.24) is 5.32 Å². The summed E-state index contributed by atoms with van der Waals surface area (Å²) in [5.41, 5.74) is 3.33. The summed E-state index contributed by atoms with van der Waals surface area (Å²) in [5, 5.41) is 3.43. The van der Waals surface area contributed by atoms with E-state index in [-0.39, 0.29) is 0 Å². The molecular formula is C20H25NO3. The van der Waals surface area contributed by atoms with E-state index in [2.05, 4.69) is 24.0 Å². The normalized spacial score (nSPS) is 10.3. The van der Waals surface area contributed by atoms with E-state index in [0.717, 1.165) is 41.5 Å². The number of hydrogen-bond acceptors (Lipinski definition) is 4. The Bertz CT molecular complexity index is 665. The molecule has 0 heterocycles. The van der Waals surface area contributed by atoms with Crippen LogP contribution in [0.4, 0.5) is 0 Å². The van der Waals surface area contributed by atoms with Gasteiger partial charge in [0.1, 0.15) is 12.4 Å². The highest BCUT2D eigenvalue weighted by atomic mass is 16.5. The Morgan fingerprint density at radius 3 is 2.21 bits per heavy atom. The molecule has 4 nitrogen and oxygen atoms in total. The fourth-order valence-corrected chi connectivity index (χ4v) is 2.24. The van der Waals surface area contributed by atoms with Crippen molar-refractivity contribution in [2.45, 2.75) is 20.0 Å². The highest BCUT2D eigenvalue weighted by Gasteiger charge is 2.06. The summed E-state index contributed by atoms with van der Waals surface area (Å²) in [6, 6.07) is 14.0. The maximum Gasteiger partial charge on any atom is 0.161 e. The molecule has 24 heavy (non-hydrogen) atoms. The van der Waals surface area contributed by atoms with E-state index in [1.54, 1.807) is 14.2 Å². The summed E-state index contributed by atoms with van der Waals surface area (Å²) in [7, 11) is 3.32. The van der Waals surface area contributed by atoms with Crippen molar-refractivity contribution in [1.29, 1.82) is 0 Å². The van der Waals surface area contributed by atoms with Crippen LogP contribution in [0.25, 0.3) is 0 Å². The summed E-state index contributed by atoms with van der Waals surface area (Å²) in [4.78, 5) is 0. The average Bonchev–Trinajstić information content (AvgIpc) is 2.61. The zero-order valence-electron chi connectivity index (χ0n) is 14.6. The van der Waals surface area contributed by atoms with Crippen LogP contribution in [0.1, 0.15) is 18.1 Å². The SMILES string of the molecule is C=C(C)COc1ccc(CNCc2ccc(OC)cc2)cc1OC. The maximum absolute atomic E-state index is 5.68. The van der Waals surface area contributed by atoms with Gasteiger partial charge in [0.25, 0.3) is 0 Å². The van der Waals surface area contributed by atoms with Gasteiger partial charge in [0, 0.05) is 13.1 Å². The Morgan fingerprint density at radius 1 is 0.917 bits per heavy atom. The van der Waals surface area contributed by atoms with Crippen molar-refractivity contribution < 1.29 is 14.2 Å². The van der Waals surface area contributed by atoms with Gasteiger partial charge < -0.3 is 19.5 Å². The number of hydrogen-bond donors (Lipinski definition) is 1. The number of nitrogens with one attached hydrogen (secondary N) is 1. The quantitative estimate of drug-likeness (QED) is 0.708. The van der Waals surface area contributed by atoms with Crippen LogP contribution in [0.15, 0.2) is 54.6 Å². The molecule has 0 fully saturated rings. The summed E-state index contributed by atoms with van der Waals surface area (Å²) < 4.78 is 16.3. The Kier molecular flexibility index (Phi) is 6.70. The minimum atomic E-state index is 0.491. The predicted molar refractivity (Wildman–Crippen MR) is 96.8 cm³/mol. The van der Waals surface area contributed by atoms with Gasteiger partial charge in [-0.05, 0) is 47.9 Å². The molecule has 0 atom stereocenters. The van der Waals surface area contributed by atoms with E-state index >= 15 is 0 Å². The summed E-state index contributed by atoms with van der Waals surface area (Å²) in [6.07, 6.45) is 0. The molecule has 0 aliphatic heterocycles. The standard InChI is InChI=1S/C20H25NO3/c1-15(2)14-24-19-10-7-17(11-20(19)23-4)13-21-12-16-5-8-18(22-3)9-6-16/h5-11,21H,1,12-14H2,2-4H3. The molecule has 0 aromatic heterocycles. The molecule has 2 aromatic carbocycles. The topological polar surface area (TPSA) is 39.7 Å². The molecule has 0 saturated heterocycles. The van der Waals surface area contributed by atoms with E-state index < -0.39 is 0 Å². The Labute approximate surface area is 144 Å². The molecule has 0 saturated carbocycles. The lowest BCUT2D eigenvalue weighted by Gasteiger charge is -2.13. The lowest BCUT2D eigenvalue weighted by atomic mass is 10.2. The van der Waals surface area contributed by atoms with Gasteiger partial charge in [-0.1, -0.05) is 24.8 Å². The maximum atomic E-state index is 5.68. The van der Waals surface area contributed by atoms with Gasteiger partial charge in [-0.2, -0.15) is 0 Å². The highest BCUT2D eigenvalue weighted by molar-refractivity contribution is 5.43. The van der Waals surface area contributed by atoms with Crippen molar-refractivity contribution in [2.75, 3.05) is 20.8 Å². The number of methoxy groups -OCH3 is 2. The van der Waals surface area contributed by atoms with E-state index in [1.165, 1.54) is 5.56 Å². The molecule has 1 N–H and O–H groups in total. The second kappa shape index (κ2) is 8.99. The zero-order chi connectivity index (χ0) is 17.4. The fraction of sp³-hybridized carbons (Fsp3) is 0.300. The zero-order valence-corrected chi connectivity index (χ0v) is 14.6. The smallest absolute Gasteiger partial charge is 0.161 e. The van der Waals surface area contributed by atoms with Gasteiger partial charge in [0.2, 0.25) is 0 Å². The highest BCUT2D eigenvalue weighted by Crippen LogP contribution is 2.28. The average molecular weight is 327 g/mol. The number of ether oxygens (including phenoxy) is 3. The Morgan fingerprint density at radius 2 is 1.58 bits per heavy atom. The molecule has 0 radical (unpaired) electrons. The van der Waals surface area contributed by atoms with Crippen LogP contribution in [-0.2, 0) is 13.1 Å². The van der Waals surface area contributed by atoms with Crippen LogP contribution in [0.5, 0.6) is 17.2 Å². The van der Waals surface area contributed by atoms with Crippen LogP contribution >= 0.6 is 0 Å². The molecule has 2 rings (SSSR count). The lowest BCUT2D eigenvalue weighted by molar-refractivity contribution is 0.319. The first kappa shape index (κ1) is 17.9. The fourth-order valence-electron chi connectivity index (χ4n) is 2.24. The van der Waals surface area contributed by atoms with Gasteiger partial charge in [0.15, 0.2) is 11.5 Å². The third kappa shape index (κ3) is 5.32. The van der Waals surface area contributed by atoms with E-state index in [0.29, 0.717) is 6.61 Å². The van der Waals surface area contributed by atoms with E-state index in [1.807, 2.05) is 37.3 Å². The van der Waals surface area contributed by atoms with Crippen molar-refractivity contribution in [3.05, 3.63) is 65.7 Å². The Balaban J connectivity index is 1.90. The van der Waals surface area contributed by atoms with Crippen LogP contribution in [0.3, 0.4) is 0 Å². The molecule has 0 amide bonds. The van der Waals surface area contributed by atoms with Crippen LogP contribution in [0, 0.1) is 0 Å². The van der Waals surface area contributed by atoms with Gasteiger partial charge in [-0.25, -0.2) is 0 Å². The van der Waals surface area contributed by atoms with Crippen LogP contribution in [-0.4, -0.2) is 20.8 Å². The number of rotatable bonds is 9. The third-order valence-corrected chi connectivity index (χ3v) is 3.52. The first-order chi connectivity index (χ1) is 11.6. The molecule has 0 bridgehead atoms. The Hall–Kier alpha value is -2.46.